The molecular weight excluding hydrogens is 272 g/mol. The number of nitrogens with one attached hydrogen (secondary N) is 1. The largest absolute Gasteiger partial charge is 0.389 e. The number of piperidine rings is 1. The monoisotopic (exact) mass is 292 g/mol. The van der Waals surface area contributed by atoms with Crippen molar-refractivity contribution < 1.29 is 4.79 Å². The maximum atomic E-state index is 11.7. The fourth-order valence-corrected chi connectivity index (χ4v) is 2.69. The molecule has 0 aliphatic carbocycles. The SMILES string of the molecule is CNC(=O)C1CCN(c2nc(C)ccc2C(N)=S)CC1. The molecule has 1 fully saturated rings. The van der Waals surface area contributed by atoms with Crippen LogP contribution in [0.5, 0.6) is 0 Å². The van der Waals surface area contributed by atoms with Crippen molar-refractivity contribution >= 4 is 28.9 Å². The number of aryl methyl sites for hydroxylation is 1. The number of rotatable bonds is 3. The van der Waals surface area contributed by atoms with Gasteiger partial charge in [0.1, 0.15) is 10.8 Å². The van der Waals surface area contributed by atoms with E-state index in [1.54, 1.807) is 7.05 Å². The lowest BCUT2D eigenvalue weighted by Crippen LogP contribution is -2.40. The van der Waals surface area contributed by atoms with E-state index in [0.29, 0.717) is 4.99 Å². The van der Waals surface area contributed by atoms with E-state index in [-0.39, 0.29) is 11.8 Å². The summed E-state index contributed by atoms with van der Waals surface area (Å²) in [6, 6.07) is 3.83. The third kappa shape index (κ3) is 3.07. The minimum absolute atomic E-state index is 0.0920. The Hall–Kier alpha value is -1.69. The van der Waals surface area contributed by atoms with Gasteiger partial charge < -0.3 is 16.0 Å². The maximum absolute atomic E-state index is 11.7. The van der Waals surface area contributed by atoms with Crippen LogP contribution in [0.15, 0.2) is 12.1 Å². The molecule has 1 saturated heterocycles. The van der Waals surface area contributed by atoms with Gasteiger partial charge in [-0.05, 0) is 31.9 Å². The zero-order valence-corrected chi connectivity index (χ0v) is 12.7. The minimum atomic E-state index is 0.0920. The summed E-state index contributed by atoms with van der Waals surface area (Å²) >= 11 is 5.09. The molecule has 2 rings (SSSR count). The molecule has 0 bridgehead atoms. The van der Waals surface area contributed by atoms with E-state index in [4.69, 9.17) is 18.0 Å². The predicted octanol–water partition coefficient (Wildman–Crippen LogP) is 0.987. The molecule has 0 saturated carbocycles. The Morgan fingerprint density at radius 3 is 2.65 bits per heavy atom. The highest BCUT2D eigenvalue weighted by Gasteiger charge is 2.26. The number of thiocarbonyl (C=S) groups is 1. The average Bonchev–Trinajstić information content (AvgIpc) is 2.46. The standard InChI is InChI=1S/C14H20N4OS/c1-9-3-4-11(12(15)20)13(17-9)18-7-5-10(6-8-18)14(19)16-2/h3-4,10H,5-8H2,1-2H3,(H2,15,20)(H,16,19). The summed E-state index contributed by atoms with van der Waals surface area (Å²) in [5.74, 6) is 1.05. The van der Waals surface area contributed by atoms with E-state index in [9.17, 15) is 4.79 Å². The molecule has 1 aliphatic rings. The highest BCUT2D eigenvalue weighted by molar-refractivity contribution is 7.80. The first kappa shape index (κ1) is 14.7. The molecule has 0 atom stereocenters. The Balaban J connectivity index is 2.16. The molecule has 0 unspecified atom stereocenters. The number of anilines is 1. The molecule has 6 heteroatoms. The molecule has 0 radical (unpaired) electrons. The van der Waals surface area contributed by atoms with Crippen molar-refractivity contribution in [1.82, 2.24) is 10.3 Å². The first-order chi connectivity index (χ1) is 9.52. The van der Waals surface area contributed by atoms with Gasteiger partial charge in [0.25, 0.3) is 0 Å². The highest BCUT2D eigenvalue weighted by atomic mass is 32.1. The van der Waals surface area contributed by atoms with Crippen LogP contribution in [0, 0.1) is 12.8 Å². The van der Waals surface area contributed by atoms with Crippen molar-refractivity contribution in [2.45, 2.75) is 19.8 Å². The lowest BCUT2D eigenvalue weighted by Gasteiger charge is -2.33. The average molecular weight is 292 g/mol. The van der Waals surface area contributed by atoms with Gasteiger partial charge in [-0.15, -0.1) is 0 Å². The summed E-state index contributed by atoms with van der Waals surface area (Å²) in [6.45, 7) is 3.54. The van der Waals surface area contributed by atoms with Crippen LogP contribution >= 0.6 is 12.2 Å². The molecule has 1 aromatic heterocycles. The summed E-state index contributed by atoms with van der Waals surface area (Å²) < 4.78 is 0. The number of amides is 1. The van der Waals surface area contributed by atoms with Crippen molar-refractivity contribution in [3.8, 4) is 0 Å². The number of nitrogens with two attached hydrogens (primary N) is 1. The van der Waals surface area contributed by atoms with Crippen molar-refractivity contribution in [3.63, 3.8) is 0 Å². The van der Waals surface area contributed by atoms with E-state index in [0.717, 1.165) is 43.0 Å². The van der Waals surface area contributed by atoms with Gasteiger partial charge in [0.2, 0.25) is 5.91 Å². The van der Waals surface area contributed by atoms with Crippen molar-refractivity contribution in [2.24, 2.45) is 11.7 Å². The fraction of sp³-hybridized carbons (Fsp3) is 0.500. The zero-order valence-electron chi connectivity index (χ0n) is 11.8. The summed E-state index contributed by atoms with van der Waals surface area (Å²) in [4.78, 5) is 18.7. The lowest BCUT2D eigenvalue weighted by molar-refractivity contribution is -0.125. The van der Waals surface area contributed by atoms with Crippen LogP contribution in [0.1, 0.15) is 24.1 Å². The van der Waals surface area contributed by atoms with E-state index < -0.39 is 0 Å². The van der Waals surface area contributed by atoms with Gasteiger partial charge in [-0.25, -0.2) is 4.98 Å². The lowest BCUT2D eigenvalue weighted by atomic mass is 9.95. The van der Waals surface area contributed by atoms with E-state index >= 15 is 0 Å². The third-order valence-corrected chi connectivity index (χ3v) is 3.91. The van der Waals surface area contributed by atoms with Crippen LogP contribution in [-0.4, -0.2) is 36.0 Å². The molecule has 3 N–H and O–H groups in total. The maximum Gasteiger partial charge on any atom is 0.222 e. The molecule has 1 amide bonds. The third-order valence-electron chi connectivity index (χ3n) is 3.69. The Bertz CT molecular complexity index is 524. The molecule has 2 heterocycles. The minimum Gasteiger partial charge on any atom is -0.389 e. The van der Waals surface area contributed by atoms with Crippen LogP contribution < -0.4 is 16.0 Å². The second-order valence-corrected chi connectivity index (χ2v) is 5.50. The van der Waals surface area contributed by atoms with Gasteiger partial charge in [-0.1, -0.05) is 12.2 Å². The first-order valence-corrected chi connectivity index (χ1v) is 7.17. The molecule has 108 valence electrons. The van der Waals surface area contributed by atoms with Gasteiger partial charge in [0.15, 0.2) is 0 Å². The normalized spacial score (nSPS) is 16.0. The van der Waals surface area contributed by atoms with Crippen molar-refractivity contribution in [2.75, 3.05) is 25.0 Å². The molecule has 5 nitrogen and oxygen atoms in total. The Morgan fingerprint density at radius 2 is 2.10 bits per heavy atom. The van der Waals surface area contributed by atoms with Gasteiger partial charge in [0.05, 0.1) is 5.56 Å². The van der Waals surface area contributed by atoms with E-state index in [2.05, 4.69) is 15.2 Å². The number of carbonyl (C=O) groups excluding carboxylic acids is 1. The number of hydrogen-bond acceptors (Lipinski definition) is 4. The molecule has 1 aromatic rings. The number of pyridine rings is 1. The van der Waals surface area contributed by atoms with Crippen molar-refractivity contribution in [1.29, 1.82) is 0 Å². The van der Waals surface area contributed by atoms with Crippen LogP contribution in [0.25, 0.3) is 0 Å². The smallest absolute Gasteiger partial charge is 0.222 e. The Kier molecular flexibility index (Phi) is 4.54. The van der Waals surface area contributed by atoms with Crippen LogP contribution in [0.4, 0.5) is 5.82 Å². The van der Waals surface area contributed by atoms with Gasteiger partial charge in [0, 0.05) is 31.7 Å². The Morgan fingerprint density at radius 1 is 1.45 bits per heavy atom. The van der Waals surface area contributed by atoms with E-state index in [1.807, 2.05) is 19.1 Å². The first-order valence-electron chi connectivity index (χ1n) is 6.77. The van der Waals surface area contributed by atoms with Crippen LogP contribution in [-0.2, 0) is 4.79 Å². The molecule has 1 aliphatic heterocycles. The topological polar surface area (TPSA) is 71.2 Å². The number of nitrogens with zero attached hydrogens (tertiary/aromatic N) is 2. The molecular formula is C14H20N4OS. The number of aromatic nitrogens is 1. The van der Waals surface area contributed by atoms with Crippen molar-refractivity contribution in [3.05, 3.63) is 23.4 Å². The second-order valence-electron chi connectivity index (χ2n) is 5.06. The summed E-state index contributed by atoms with van der Waals surface area (Å²) in [5.41, 5.74) is 7.52. The highest BCUT2D eigenvalue weighted by Crippen LogP contribution is 2.25. The number of carbonyl (C=O) groups is 1. The fourth-order valence-electron chi connectivity index (χ4n) is 2.53. The Labute approximate surface area is 124 Å². The van der Waals surface area contributed by atoms with Crippen LogP contribution in [0.3, 0.4) is 0 Å². The second kappa shape index (κ2) is 6.17. The molecule has 20 heavy (non-hydrogen) atoms. The number of hydrogen-bond donors (Lipinski definition) is 2. The summed E-state index contributed by atoms with van der Waals surface area (Å²) in [6.07, 6.45) is 1.65. The van der Waals surface area contributed by atoms with Gasteiger partial charge >= 0.3 is 0 Å². The van der Waals surface area contributed by atoms with Gasteiger partial charge in [-0.2, -0.15) is 0 Å². The predicted molar refractivity (Wildman–Crippen MR) is 83.9 cm³/mol. The van der Waals surface area contributed by atoms with E-state index in [1.165, 1.54) is 0 Å². The molecule has 0 aromatic carbocycles. The van der Waals surface area contributed by atoms with Crippen LogP contribution in [0.2, 0.25) is 0 Å². The summed E-state index contributed by atoms with van der Waals surface area (Å²) in [7, 11) is 1.68. The molecule has 0 spiro atoms. The zero-order chi connectivity index (χ0) is 14.7. The summed E-state index contributed by atoms with van der Waals surface area (Å²) in [5, 5.41) is 2.71. The van der Waals surface area contributed by atoms with Gasteiger partial charge in [-0.3, -0.25) is 4.79 Å². The quantitative estimate of drug-likeness (QED) is 0.813.